The first-order valence-corrected chi connectivity index (χ1v) is 13.3. The van der Waals surface area contributed by atoms with Crippen molar-refractivity contribution in [1.29, 1.82) is 0 Å². The van der Waals surface area contributed by atoms with Crippen molar-refractivity contribution in [2.75, 3.05) is 31.1 Å². The van der Waals surface area contributed by atoms with E-state index < -0.39 is 10.0 Å². The van der Waals surface area contributed by atoms with E-state index in [2.05, 4.69) is 22.1 Å². The summed E-state index contributed by atoms with van der Waals surface area (Å²) < 4.78 is 27.2. The van der Waals surface area contributed by atoms with Crippen LogP contribution in [0.4, 0.5) is 5.82 Å². The Labute approximate surface area is 197 Å². The largest absolute Gasteiger partial charge is 0.357 e. The van der Waals surface area contributed by atoms with Gasteiger partial charge in [-0.1, -0.05) is 30.7 Å². The Balaban J connectivity index is 1.25. The van der Waals surface area contributed by atoms with Crippen LogP contribution in [0, 0.1) is 18.8 Å². The van der Waals surface area contributed by atoms with Gasteiger partial charge in [-0.25, -0.2) is 13.4 Å². The minimum Gasteiger partial charge on any atom is -0.357 e. The van der Waals surface area contributed by atoms with Gasteiger partial charge in [-0.05, 0) is 62.3 Å². The average molecular weight is 471 g/mol. The van der Waals surface area contributed by atoms with Gasteiger partial charge in [0.15, 0.2) is 0 Å². The van der Waals surface area contributed by atoms with Gasteiger partial charge >= 0.3 is 0 Å². The quantitative estimate of drug-likeness (QED) is 0.700. The molecule has 1 N–H and O–H groups in total. The van der Waals surface area contributed by atoms with E-state index in [-0.39, 0.29) is 11.8 Å². The molecule has 0 radical (unpaired) electrons. The fraction of sp³-hybridized carbons (Fsp3) is 0.520. The normalized spacial score (nSPS) is 18.9. The smallest absolute Gasteiger partial charge is 0.243 e. The summed E-state index contributed by atoms with van der Waals surface area (Å²) in [6, 6.07) is 11.0. The molecule has 178 valence electrons. The molecule has 3 heterocycles. The fourth-order valence-electron chi connectivity index (χ4n) is 4.50. The summed E-state index contributed by atoms with van der Waals surface area (Å²) in [4.78, 5) is 19.9. The topological polar surface area (TPSA) is 82.6 Å². The second-order valence-corrected chi connectivity index (χ2v) is 11.3. The number of sulfonamides is 1. The summed E-state index contributed by atoms with van der Waals surface area (Å²) in [5, 5.41) is 3.00. The zero-order chi connectivity index (χ0) is 23.4. The summed E-state index contributed by atoms with van der Waals surface area (Å²) >= 11 is 0. The predicted octanol–water partition coefficient (Wildman–Crippen LogP) is 3.34. The molecule has 7 nitrogen and oxygen atoms in total. The number of rotatable bonds is 6. The molecular formula is C25H34N4O3S. The monoisotopic (exact) mass is 470 g/mol. The molecule has 0 aliphatic carbocycles. The Hall–Kier alpha value is -2.45. The van der Waals surface area contributed by atoms with E-state index in [4.69, 9.17) is 0 Å². The van der Waals surface area contributed by atoms with Crippen LogP contribution in [0.1, 0.15) is 43.7 Å². The Morgan fingerprint density at radius 3 is 2.27 bits per heavy atom. The van der Waals surface area contributed by atoms with Gasteiger partial charge in [0.1, 0.15) is 5.82 Å². The highest BCUT2D eigenvalue weighted by atomic mass is 32.2. The van der Waals surface area contributed by atoms with Crippen LogP contribution in [0.5, 0.6) is 0 Å². The number of hydrogen-bond acceptors (Lipinski definition) is 5. The third-order valence-corrected chi connectivity index (χ3v) is 8.78. The number of amides is 1. The predicted molar refractivity (Wildman–Crippen MR) is 129 cm³/mol. The SMILES string of the molecule is Cc1ccc(S(=O)(=O)N2CCC(C(=O)NCc3ccc(N4CCC(C)CC4)nc3)CC2)cc1. The third-order valence-electron chi connectivity index (χ3n) is 6.87. The van der Waals surface area contributed by atoms with Gasteiger partial charge in [-0.15, -0.1) is 0 Å². The lowest BCUT2D eigenvalue weighted by atomic mass is 9.97. The van der Waals surface area contributed by atoms with Crippen LogP contribution < -0.4 is 10.2 Å². The first-order chi connectivity index (χ1) is 15.8. The van der Waals surface area contributed by atoms with Crippen LogP contribution in [0.25, 0.3) is 0 Å². The molecule has 1 aromatic carbocycles. The number of nitrogens with zero attached hydrogens (tertiary/aromatic N) is 3. The van der Waals surface area contributed by atoms with Gasteiger partial charge < -0.3 is 10.2 Å². The number of benzene rings is 1. The Kier molecular flexibility index (Phi) is 7.34. The van der Waals surface area contributed by atoms with Gasteiger partial charge in [0.05, 0.1) is 4.90 Å². The molecule has 4 rings (SSSR count). The van der Waals surface area contributed by atoms with Crippen LogP contribution in [-0.2, 0) is 21.4 Å². The van der Waals surface area contributed by atoms with E-state index in [1.165, 1.54) is 17.1 Å². The zero-order valence-corrected chi connectivity index (χ0v) is 20.4. The molecular weight excluding hydrogens is 436 g/mol. The van der Waals surface area contributed by atoms with Crippen molar-refractivity contribution in [2.45, 2.75) is 51.0 Å². The number of carbonyl (C=O) groups is 1. The lowest BCUT2D eigenvalue weighted by Crippen LogP contribution is -2.42. The highest BCUT2D eigenvalue weighted by Gasteiger charge is 2.32. The molecule has 8 heteroatoms. The van der Waals surface area contributed by atoms with Crippen LogP contribution in [0.15, 0.2) is 47.5 Å². The maximum Gasteiger partial charge on any atom is 0.243 e. The molecule has 0 atom stereocenters. The van der Waals surface area contributed by atoms with E-state index in [0.29, 0.717) is 37.4 Å². The Morgan fingerprint density at radius 2 is 1.67 bits per heavy atom. The molecule has 0 spiro atoms. The average Bonchev–Trinajstić information content (AvgIpc) is 2.84. The molecule has 2 fully saturated rings. The van der Waals surface area contributed by atoms with Gasteiger partial charge in [-0.3, -0.25) is 4.79 Å². The molecule has 2 aliphatic rings. The summed E-state index contributed by atoms with van der Waals surface area (Å²) in [6.07, 6.45) is 5.29. The van der Waals surface area contributed by atoms with E-state index in [1.54, 1.807) is 12.1 Å². The Bertz CT molecular complexity index is 1040. The van der Waals surface area contributed by atoms with Crippen molar-refractivity contribution in [1.82, 2.24) is 14.6 Å². The molecule has 2 aliphatic heterocycles. The number of aromatic nitrogens is 1. The number of anilines is 1. The number of pyridine rings is 1. The number of aryl methyl sites for hydroxylation is 1. The molecule has 2 saturated heterocycles. The lowest BCUT2D eigenvalue weighted by molar-refractivity contribution is -0.126. The van der Waals surface area contributed by atoms with Crippen LogP contribution in [0.3, 0.4) is 0 Å². The lowest BCUT2D eigenvalue weighted by Gasteiger charge is -2.31. The van der Waals surface area contributed by atoms with Crippen molar-refractivity contribution >= 4 is 21.7 Å². The van der Waals surface area contributed by atoms with Gasteiger partial charge in [0.2, 0.25) is 15.9 Å². The Morgan fingerprint density at radius 1 is 1.00 bits per heavy atom. The van der Waals surface area contributed by atoms with Gasteiger partial charge in [0.25, 0.3) is 0 Å². The van der Waals surface area contributed by atoms with Gasteiger partial charge in [-0.2, -0.15) is 4.31 Å². The van der Waals surface area contributed by atoms with Crippen LogP contribution in [0.2, 0.25) is 0 Å². The van der Waals surface area contributed by atoms with Gasteiger partial charge in [0, 0.05) is 44.8 Å². The summed E-state index contributed by atoms with van der Waals surface area (Å²) in [5.74, 6) is 1.60. The van der Waals surface area contributed by atoms with Crippen LogP contribution in [-0.4, -0.2) is 49.8 Å². The van der Waals surface area contributed by atoms with E-state index in [0.717, 1.165) is 36.0 Å². The van der Waals surface area contributed by atoms with Crippen molar-refractivity contribution in [3.63, 3.8) is 0 Å². The third kappa shape index (κ3) is 5.73. The van der Waals surface area contributed by atoms with Crippen molar-refractivity contribution in [2.24, 2.45) is 11.8 Å². The first-order valence-electron chi connectivity index (χ1n) is 11.9. The molecule has 2 aromatic rings. The standard InChI is InChI=1S/C25H34N4O3S/c1-19-3-6-23(7-4-19)33(31,32)29-15-11-22(12-16-29)25(30)27-18-21-5-8-24(26-17-21)28-13-9-20(2)10-14-28/h3-8,17,20,22H,9-16,18H2,1-2H3,(H,27,30). The molecule has 1 amide bonds. The molecule has 33 heavy (non-hydrogen) atoms. The minimum atomic E-state index is -3.51. The van der Waals surface area contributed by atoms with Crippen molar-refractivity contribution in [3.8, 4) is 0 Å². The van der Waals surface area contributed by atoms with Crippen LogP contribution >= 0.6 is 0 Å². The number of carbonyl (C=O) groups excluding carboxylic acids is 1. The second kappa shape index (κ2) is 10.2. The first kappa shape index (κ1) is 23.7. The van der Waals surface area contributed by atoms with E-state index >= 15 is 0 Å². The maximum atomic E-state index is 12.9. The van der Waals surface area contributed by atoms with E-state index in [9.17, 15) is 13.2 Å². The van der Waals surface area contributed by atoms with Crippen molar-refractivity contribution in [3.05, 3.63) is 53.7 Å². The van der Waals surface area contributed by atoms with Crippen molar-refractivity contribution < 1.29 is 13.2 Å². The zero-order valence-electron chi connectivity index (χ0n) is 19.5. The van der Waals surface area contributed by atoms with E-state index in [1.807, 2.05) is 37.4 Å². The molecule has 0 bridgehead atoms. The summed E-state index contributed by atoms with van der Waals surface area (Å²) in [6.45, 7) is 7.47. The summed E-state index contributed by atoms with van der Waals surface area (Å²) in [7, 11) is -3.51. The number of nitrogens with one attached hydrogen (secondary N) is 1. The summed E-state index contributed by atoms with van der Waals surface area (Å²) in [5.41, 5.74) is 1.99. The second-order valence-electron chi connectivity index (χ2n) is 9.40. The molecule has 1 aromatic heterocycles. The minimum absolute atomic E-state index is 0.0171. The molecule has 0 saturated carbocycles. The maximum absolute atomic E-state index is 12.9. The number of piperidine rings is 2. The highest BCUT2D eigenvalue weighted by molar-refractivity contribution is 7.89. The number of hydrogen-bond donors (Lipinski definition) is 1. The highest BCUT2D eigenvalue weighted by Crippen LogP contribution is 2.25. The molecule has 0 unspecified atom stereocenters. The fourth-order valence-corrected chi connectivity index (χ4v) is 5.97.